The Kier molecular flexibility index (Phi) is 4.22. The number of piperidine rings is 1. The lowest BCUT2D eigenvalue weighted by molar-refractivity contribution is -0.0539. The molecule has 0 aromatic heterocycles. The minimum atomic E-state index is -0.153. The SMILES string of the molecule is CC1CCN(CC2COCCC2O)C(C)C1. The molecule has 0 amide bonds. The number of rotatable bonds is 2. The summed E-state index contributed by atoms with van der Waals surface area (Å²) in [6, 6.07) is 0.665. The Labute approximate surface area is 98.8 Å². The highest BCUT2D eigenvalue weighted by Gasteiger charge is 2.29. The second-order valence-corrected chi connectivity index (χ2v) is 5.66. The van der Waals surface area contributed by atoms with E-state index in [4.69, 9.17) is 4.74 Å². The second-order valence-electron chi connectivity index (χ2n) is 5.66. The molecule has 0 spiro atoms. The molecule has 2 rings (SSSR count). The highest BCUT2D eigenvalue weighted by molar-refractivity contribution is 4.82. The normalized spacial score (nSPS) is 42.2. The van der Waals surface area contributed by atoms with Gasteiger partial charge in [0.2, 0.25) is 0 Å². The number of aliphatic hydroxyl groups excluding tert-OH is 1. The Hall–Kier alpha value is -0.120. The summed E-state index contributed by atoms with van der Waals surface area (Å²) in [5.74, 6) is 1.18. The van der Waals surface area contributed by atoms with Crippen molar-refractivity contribution >= 4 is 0 Å². The van der Waals surface area contributed by atoms with E-state index in [1.165, 1.54) is 19.4 Å². The van der Waals surface area contributed by atoms with Crippen molar-refractivity contribution in [1.82, 2.24) is 4.90 Å². The molecule has 2 aliphatic heterocycles. The van der Waals surface area contributed by atoms with Crippen LogP contribution in [0.15, 0.2) is 0 Å². The third-order valence-electron chi connectivity index (χ3n) is 4.18. The molecule has 0 aromatic carbocycles. The summed E-state index contributed by atoms with van der Waals surface area (Å²) in [6.45, 7) is 8.31. The molecular formula is C13H25NO2. The first-order valence-electron chi connectivity index (χ1n) is 6.66. The van der Waals surface area contributed by atoms with Crippen LogP contribution in [-0.4, -0.2) is 48.5 Å². The highest BCUT2D eigenvalue weighted by atomic mass is 16.5. The topological polar surface area (TPSA) is 32.7 Å². The van der Waals surface area contributed by atoms with Crippen LogP contribution in [0.4, 0.5) is 0 Å². The summed E-state index contributed by atoms with van der Waals surface area (Å²) >= 11 is 0. The number of hydrogen-bond donors (Lipinski definition) is 1. The lowest BCUT2D eigenvalue weighted by Gasteiger charge is -2.40. The van der Waals surface area contributed by atoms with Crippen molar-refractivity contribution in [2.75, 3.05) is 26.3 Å². The van der Waals surface area contributed by atoms with E-state index in [0.29, 0.717) is 12.0 Å². The number of ether oxygens (including phenoxy) is 1. The molecule has 0 aliphatic carbocycles. The zero-order valence-electron chi connectivity index (χ0n) is 10.6. The summed E-state index contributed by atoms with van der Waals surface area (Å²) in [4.78, 5) is 2.53. The summed E-state index contributed by atoms with van der Waals surface area (Å²) in [5.41, 5.74) is 0. The van der Waals surface area contributed by atoms with Gasteiger partial charge in [-0.25, -0.2) is 0 Å². The molecule has 3 nitrogen and oxygen atoms in total. The fourth-order valence-electron chi connectivity index (χ4n) is 2.99. The van der Waals surface area contributed by atoms with Crippen molar-refractivity contribution in [2.24, 2.45) is 11.8 Å². The van der Waals surface area contributed by atoms with Crippen LogP contribution in [0.25, 0.3) is 0 Å². The molecule has 2 heterocycles. The molecule has 16 heavy (non-hydrogen) atoms. The summed E-state index contributed by atoms with van der Waals surface area (Å²) < 4.78 is 5.46. The Morgan fingerprint density at radius 3 is 2.81 bits per heavy atom. The van der Waals surface area contributed by atoms with Crippen molar-refractivity contribution in [3.63, 3.8) is 0 Å². The summed E-state index contributed by atoms with van der Waals surface area (Å²) in [7, 11) is 0. The molecular weight excluding hydrogens is 202 g/mol. The van der Waals surface area contributed by atoms with Crippen molar-refractivity contribution in [1.29, 1.82) is 0 Å². The van der Waals surface area contributed by atoms with Crippen molar-refractivity contribution in [2.45, 2.75) is 45.3 Å². The van der Waals surface area contributed by atoms with Crippen LogP contribution in [0.2, 0.25) is 0 Å². The average molecular weight is 227 g/mol. The first-order valence-corrected chi connectivity index (χ1v) is 6.66. The van der Waals surface area contributed by atoms with Gasteiger partial charge in [-0.1, -0.05) is 6.92 Å². The molecule has 2 fully saturated rings. The van der Waals surface area contributed by atoms with Gasteiger partial charge in [0.15, 0.2) is 0 Å². The molecule has 4 atom stereocenters. The number of aliphatic hydroxyl groups is 1. The predicted molar refractivity (Wildman–Crippen MR) is 64.4 cm³/mol. The minimum absolute atomic E-state index is 0.153. The molecule has 94 valence electrons. The molecule has 0 bridgehead atoms. The maximum absolute atomic E-state index is 9.93. The summed E-state index contributed by atoms with van der Waals surface area (Å²) in [5, 5.41) is 9.93. The Balaban J connectivity index is 1.83. The van der Waals surface area contributed by atoms with Gasteiger partial charge in [-0.05, 0) is 38.6 Å². The third kappa shape index (κ3) is 2.96. The van der Waals surface area contributed by atoms with Gasteiger partial charge in [-0.15, -0.1) is 0 Å². The number of nitrogens with zero attached hydrogens (tertiary/aromatic N) is 1. The van der Waals surface area contributed by atoms with E-state index in [-0.39, 0.29) is 6.10 Å². The first-order chi connectivity index (χ1) is 7.66. The van der Waals surface area contributed by atoms with Crippen LogP contribution in [0, 0.1) is 11.8 Å². The van der Waals surface area contributed by atoms with Crippen molar-refractivity contribution < 1.29 is 9.84 Å². The highest BCUT2D eigenvalue weighted by Crippen LogP contribution is 2.25. The standard InChI is InChI=1S/C13H25NO2/c1-10-3-5-14(11(2)7-10)8-12-9-16-6-4-13(12)15/h10-13,15H,3-9H2,1-2H3. The Bertz CT molecular complexity index is 222. The molecule has 4 unspecified atom stereocenters. The van der Waals surface area contributed by atoms with Crippen molar-refractivity contribution in [3.8, 4) is 0 Å². The van der Waals surface area contributed by atoms with E-state index < -0.39 is 0 Å². The molecule has 0 saturated carbocycles. The monoisotopic (exact) mass is 227 g/mol. The van der Waals surface area contributed by atoms with E-state index in [1.807, 2.05) is 0 Å². The van der Waals surface area contributed by atoms with Crippen LogP contribution in [0.1, 0.15) is 33.1 Å². The van der Waals surface area contributed by atoms with E-state index >= 15 is 0 Å². The van der Waals surface area contributed by atoms with E-state index in [9.17, 15) is 5.11 Å². The van der Waals surface area contributed by atoms with Crippen LogP contribution in [0.5, 0.6) is 0 Å². The molecule has 0 radical (unpaired) electrons. The average Bonchev–Trinajstić information content (AvgIpc) is 2.25. The van der Waals surface area contributed by atoms with Gasteiger partial charge in [0.05, 0.1) is 12.7 Å². The quantitative estimate of drug-likeness (QED) is 0.776. The third-order valence-corrected chi connectivity index (χ3v) is 4.18. The van der Waals surface area contributed by atoms with Gasteiger partial charge in [0.25, 0.3) is 0 Å². The molecule has 0 aromatic rings. The van der Waals surface area contributed by atoms with E-state index in [1.54, 1.807) is 0 Å². The Morgan fingerprint density at radius 1 is 1.31 bits per heavy atom. The van der Waals surface area contributed by atoms with Gasteiger partial charge < -0.3 is 14.7 Å². The minimum Gasteiger partial charge on any atom is -0.393 e. The van der Waals surface area contributed by atoms with Crippen molar-refractivity contribution in [3.05, 3.63) is 0 Å². The number of hydrogen-bond acceptors (Lipinski definition) is 3. The number of likely N-dealkylation sites (tertiary alicyclic amines) is 1. The largest absolute Gasteiger partial charge is 0.393 e. The van der Waals surface area contributed by atoms with Crippen LogP contribution >= 0.6 is 0 Å². The van der Waals surface area contributed by atoms with E-state index in [0.717, 1.165) is 32.1 Å². The smallest absolute Gasteiger partial charge is 0.0624 e. The van der Waals surface area contributed by atoms with Crippen LogP contribution < -0.4 is 0 Å². The van der Waals surface area contributed by atoms with Gasteiger partial charge in [-0.3, -0.25) is 0 Å². The zero-order valence-corrected chi connectivity index (χ0v) is 10.6. The summed E-state index contributed by atoms with van der Waals surface area (Å²) in [6.07, 6.45) is 3.25. The Morgan fingerprint density at radius 2 is 2.12 bits per heavy atom. The second kappa shape index (κ2) is 5.48. The molecule has 2 aliphatic rings. The maximum Gasteiger partial charge on any atom is 0.0624 e. The molecule has 1 N–H and O–H groups in total. The zero-order chi connectivity index (χ0) is 11.5. The van der Waals surface area contributed by atoms with Gasteiger partial charge in [-0.2, -0.15) is 0 Å². The van der Waals surface area contributed by atoms with Gasteiger partial charge >= 0.3 is 0 Å². The fourth-order valence-corrected chi connectivity index (χ4v) is 2.99. The fraction of sp³-hybridized carbons (Fsp3) is 1.00. The molecule has 2 saturated heterocycles. The van der Waals surface area contributed by atoms with Gasteiger partial charge in [0, 0.05) is 25.1 Å². The van der Waals surface area contributed by atoms with E-state index in [2.05, 4.69) is 18.7 Å². The first kappa shape index (κ1) is 12.3. The van der Waals surface area contributed by atoms with Crippen LogP contribution in [0.3, 0.4) is 0 Å². The maximum atomic E-state index is 9.93. The van der Waals surface area contributed by atoms with Gasteiger partial charge in [0.1, 0.15) is 0 Å². The lowest BCUT2D eigenvalue weighted by atomic mass is 9.91. The molecule has 3 heteroatoms. The van der Waals surface area contributed by atoms with Crippen LogP contribution in [-0.2, 0) is 4.74 Å². The lowest BCUT2D eigenvalue weighted by Crippen LogP contribution is -2.47. The predicted octanol–water partition coefficient (Wildman–Crippen LogP) is 1.50.